The Hall–Kier alpha value is -1.21. The van der Waals surface area contributed by atoms with Crippen LogP contribution in [-0.4, -0.2) is 19.3 Å². The minimum atomic E-state index is -0.492. The van der Waals surface area contributed by atoms with E-state index in [-0.39, 0.29) is 0 Å². The van der Waals surface area contributed by atoms with E-state index in [2.05, 4.69) is 65.8 Å². The van der Waals surface area contributed by atoms with Crippen LogP contribution >= 0.6 is 8.07 Å². The predicted molar refractivity (Wildman–Crippen MR) is 81.4 cm³/mol. The third-order valence-electron chi connectivity index (χ3n) is 3.27. The first-order chi connectivity index (χ1) is 9.43. The second-order valence-electron chi connectivity index (χ2n) is 4.70. The average molecular weight is 271 g/mol. The molecule has 0 amide bonds. The molecule has 0 spiro atoms. The first-order valence-electron chi connectivity index (χ1n) is 6.67. The summed E-state index contributed by atoms with van der Waals surface area (Å²) in [4.78, 5) is 0. The molecule has 2 nitrogen and oxygen atoms in total. The fourth-order valence-corrected chi connectivity index (χ4v) is 4.38. The third kappa shape index (κ3) is 3.22. The van der Waals surface area contributed by atoms with E-state index in [4.69, 9.17) is 4.74 Å². The molecule has 0 radical (unpaired) electrons. The van der Waals surface area contributed by atoms with Gasteiger partial charge >= 0.3 is 0 Å². The SMILES string of the molecule is c1ccc(P(NC2CCOC2)c2ccccc2)cc1. The maximum Gasteiger partial charge on any atom is 0.0623 e. The van der Waals surface area contributed by atoms with E-state index in [0.29, 0.717) is 6.04 Å². The number of ether oxygens (including phenoxy) is 1. The zero-order chi connectivity index (χ0) is 12.9. The van der Waals surface area contributed by atoms with Crippen LogP contribution in [0.5, 0.6) is 0 Å². The Morgan fingerprint density at radius 3 is 1.95 bits per heavy atom. The molecule has 1 aliphatic heterocycles. The minimum Gasteiger partial charge on any atom is -0.380 e. The second kappa shape index (κ2) is 6.29. The highest BCUT2D eigenvalue weighted by atomic mass is 31.1. The Balaban J connectivity index is 1.87. The fraction of sp³-hybridized carbons (Fsp3) is 0.250. The lowest BCUT2D eigenvalue weighted by atomic mass is 10.3. The van der Waals surface area contributed by atoms with Gasteiger partial charge in [0, 0.05) is 20.7 Å². The van der Waals surface area contributed by atoms with Gasteiger partial charge in [0.15, 0.2) is 0 Å². The van der Waals surface area contributed by atoms with Crippen molar-refractivity contribution in [2.45, 2.75) is 12.5 Å². The van der Waals surface area contributed by atoms with Gasteiger partial charge in [-0.2, -0.15) is 0 Å². The van der Waals surface area contributed by atoms with Crippen LogP contribution in [0.15, 0.2) is 60.7 Å². The smallest absolute Gasteiger partial charge is 0.0623 e. The van der Waals surface area contributed by atoms with Crippen LogP contribution in [-0.2, 0) is 4.74 Å². The second-order valence-corrected chi connectivity index (χ2v) is 6.66. The molecule has 1 saturated heterocycles. The molecule has 0 aromatic heterocycles. The van der Waals surface area contributed by atoms with Crippen molar-refractivity contribution in [2.75, 3.05) is 13.2 Å². The Kier molecular flexibility index (Phi) is 4.24. The highest BCUT2D eigenvalue weighted by Gasteiger charge is 2.21. The number of hydrogen-bond acceptors (Lipinski definition) is 2. The fourth-order valence-electron chi connectivity index (χ4n) is 2.27. The van der Waals surface area contributed by atoms with Gasteiger partial charge in [0.1, 0.15) is 0 Å². The van der Waals surface area contributed by atoms with E-state index in [9.17, 15) is 0 Å². The Labute approximate surface area is 115 Å². The maximum atomic E-state index is 5.48. The molecule has 98 valence electrons. The van der Waals surface area contributed by atoms with E-state index in [1.807, 2.05) is 0 Å². The summed E-state index contributed by atoms with van der Waals surface area (Å²) >= 11 is 0. The van der Waals surface area contributed by atoms with Crippen LogP contribution in [0.3, 0.4) is 0 Å². The lowest BCUT2D eigenvalue weighted by Gasteiger charge is -2.23. The quantitative estimate of drug-likeness (QED) is 0.862. The summed E-state index contributed by atoms with van der Waals surface area (Å²) in [6, 6.07) is 21.9. The molecule has 1 unspecified atom stereocenters. The number of benzene rings is 2. The van der Waals surface area contributed by atoms with Gasteiger partial charge in [-0.25, -0.2) is 0 Å². The molecular weight excluding hydrogens is 253 g/mol. The molecule has 1 heterocycles. The van der Waals surface area contributed by atoms with E-state index in [1.165, 1.54) is 10.6 Å². The van der Waals surface area contributed by atoms with Crippen LogP contribution in [0.2, 0.25) is 0 Å². The van der Waals surface area contributed by atoms with Crippen molar-refractivity contribution in [2.24, 2.45) is 0 Å². The molecule has 2 aromatic carbocycles. The lowest BCUT2D eigenvalue weighted by molar-refractivity contribution is 0.193. The normalized spacial score (nSPS) is 18.9. The number of hydrogen-bond donors (Lipinski definition) is 1. The molecule has 1 N–H and O–H groups in total. The molecule has 0 bridgehead atoms. The van der Waals surface area contributed by atoms with E-state index >= 15 is 0 Å². The molecule has 19 heavy (non-hydrogen) atoms. The molecule has 1 atom stereocenters. The zero-order valence-electron chi connectivity index (χ0n) is 10.8. The Morgan fingerprint density at radius 2 is 1.47 bits per heavy atom. The minimum absolute atomic E-state index is 0.478. The topological polar surface area (TPSA) is 21.3 Å². The number of nitrogens with one attached hydrogen (secondary N) is 1. The highest BCUT2D eigenvalue weighted by molar-refractivity contribution is 7.71. The van der Waals surface area contributed by atoms with Crippen LogP contribution < -0.4 is 15.7 Å². The van der Waals surface area contributed by atoms with Crippen LogP contribution in [0.1, 0.15) is 6.42 Å². The van der Waals surface area contributed by atoms with Gasteiger partial charge in [-0.3, -0.25) is 5.09 Å². The molecule has 2 aromatic rings. The van der Waals surface area contributed by atoms with Crippen molar-refractivity contribution in [1.29, 1.82) is 0 Å². The highest BCUT2D eigenvalue weighted by Crippen LogP contribution is 2.30. The standard InChI is InChI=1S/C16H18NOP/c1-3-7-15(8-4-1)19(16-9-5-2-6-10-16)17-14-11-12-18-13-14/h1-10,14,17H,11-13H2. The van der Waals surface area contributed by atoms with Crippen molar-refractivity contribution in [3.8, 4) is 0 Å². The third-order valence-corrected chi connectivity index (χ3v) is 5.52. The average Bonchev–Trinajstić information content (AvgIpc) is 3.00. The summed E-state index contributed by atoms with van der Waals surface area (Å²) in [5.74, 6) is 0. The van der Waals surface area contributed by atoms with Crippen molar-refractivity contribution < 1.29 is 4.74 Å². The Bertz CT molecular complexity index is 457. The zero-order valence-corrected chi connectivity index (χ0v) is 11.7. The van der Waals surface area contributed by atoms with Crippen LogP contribution in [0.4, 0.5) is 0 Å². The van der Waals surface area contributed by atoms with Gasteiger partial charge in [0.05, 0.1) is 6.61 Å². The van der Waals surface area contributed by atoms with Gasteiger partial charge in [0.25, 0.3) is 0 Å². The van der Waals surface area contributed by atoms with Crippen LogP contribution in [0.25, 0.3) is 0 Å². The van der Waals surface area contributed by atoms with Crippen molar-refractivity contribution in [1.82, 2.24) is 5.09 Å². The monoisotopic (exact) mass is 271 g/mol. The largest absolute Gasteiger partial charge is 0.380 e. The summed E-state index contributed by atoms with van der Waals surface area (Å²) < 4.78 is 5.48. The van der Waals surface area contributed by atoms with Gasteiger partial charge in [0.2, 0.25) is 0 Å². The molecule has 1 fully saturated rings. The summed E-state index contributed by atoms with van der Waals surface area (Å²) in [6.45, 7) is 1.71. The van der Waals surface area contributed by atoms with Gasteiger partial charge in [-0.05, 0) is 17.0 Å². The van der Waals surface area contributed by atoms with Crippen molar-refractivity contribution in [3.63, 3.8) is 0 Å². The van der Waals surface area contributed by atoms with E-state index in [1.54, 1.807) is 0 Å². The van der Waals surface area contributed by atoms with Gasteiger partial charge in [-0.1, -0.05) is 60.7 Å². The van der Waals surface area contributed by atoms with Gasteiger partial charge < -0.3 is 4.74 Å². The van der Waals surface area contributed by atoms with Crippen LogP contribution in [0, 0.1) is 0 Å². The molecule has 0 aliphatic carbocycles. The predicted octanol–water partition coefficient (Wildman–Crippen LogP) is 2.41. The summed E-state index contributed by atoms with van der Waals surface area (Å²) in [6.07, 6.45) is 1.11. The molecule has 3 heteroatoms. The van der Waals surface area contributed by atoms with E-state index < -0.39 is 8.07 Å². The van der Waals surface area contributed by atoms with Crippen molar-refractivity contribution in [3.05, 3.63) is 60.7 Å². The molecule has 0 saturated carbocycles. The van der Waals surface area contributed by atoms with Crippen molar-refractivity contribution >= 4 is 18.7 Å². The lowest BCUT2D eigenvalue weighted by Crippen LogP contribution is -2.32. The molecular formula is C16H18NOP. The van der Waals surface area contributed by atoms with E-state index in [0.717, 1.165) is 19.6 Å². The molecule has 3 rings (SSSR count). The number of rotatable bonds is 4. The van der Waals surface area contributed by atoms with Gasteiger partial charge in [-0.15, -0.1) is 0 Å². The maximum absolute atomic E-state index is 5.48. The Morgan fingerprint density at radius 1 is 0.895 bits per heavy atom. The first-order valence-corrected chi connectivity index (χ1v) is 8.02. The summed E-state index contributed by atoms with van der Waals surface area (Å²) in [5, 5.41) is 6.53. The summed E-state index contributed by atoms with van der Waals surface area (Å²) in [5.41, 5.74) is 0. The molecule has 1 aliphatic rings. The first kappa shape index (κ1) is 12.8. The summed E-state index contributed by atoms with van der Waals surface area (Å²) in [7, 11) is -0.492.